The molecule has 1 aromatic carbocycles. The first kappa shape index (κ1) is 15.8. The zero-order valence-corrected chi connectivity index (χ0v) is 13.4. The summed E-state index contributed by atoms with van der Waals surface area (Å²) in [5.41, 5.74) is 0.0107. The van der Waals surface area contributed by atoms with Crippen LogP contribution in [0, 0.1) is 5.82 Å². The standard InChI is InChI=1S/C17H22FNO2S/c18-12-4-5-15-13(10-12)14(6-9-22-15)19-16(20)11-17(21)7-2-1-3-8-17/h4-5,10,14,21H,1-3,6-9,11H2,(H,19,20). The summed E-state index contributed by atoms with van der Waals surface area (Å²) >= 11 is 1.70. The molecule has 1 atom stereocenters. The van der Waals surface area contributed by atoms with Gasteiger partial charge in [-0.25, -0.2) is 4.39 Å². The highest BCUT2D eigenvalue weighted by molar-refractivity contribution is 7.99. The van der Waals surface area contributed by atoms with Crippen LogP contribution in [0.3, 0.4) is 0 Å². The quantitative estimate of drug-likeness (QED) is 0.894. The number of thioether (sulfide) groups is 1. The van der Waals surface area contributed by atoms with Crippen molar-refractivity contribution in [2.24, 2.45) is 0 Å². The molecule has 1 heterocycles. The van der Waals surface area contributed by atoms with Gasteiger partial charge in [0, 0.05) is 10.6 Å². The van der Waals surface area contributed by atoms with E-state index in [4.69, 9.17) is 0 Å². The molecule has 3 rings (SSSR count). The van der Waals surface area contributed by atoms with Gasteiger partial charge < -0.3 is 10.4 Å². The van der Waals surface area contributed by atoms with Gasteiger partial charge in [0.2, 0.25) is 5.91 Å². The van der Waals surface area contributed by atoms with Crippen molar-refractivity contribution in [3.63, 3.8) is 0 Å². The van der Waals surface area contributed by atoms with Crippen molar-refractivity contribution in [2.45, 2.75) is 61.5 Å². The molecule has 0 radical (unpaired) electrons. The second-order valence-corrected chi connectivity index (χ2v) is 7.54. The van der Waals surface area contributed by atoms with Crippen molar-refractivity contribution >= 4 is 17.7 Å². The predicted octanol–water partition coefficient (Wildman–Crippen LogP) is 3.56. The number of amides is 1. The summed E-state index contributed by atoms with van der Waals surface area (Å²) in [6.07, 6.45) is 5.46. The largest absolute Gasteiger partial charge is 0.389 e. The van der Waals surface area contributed by atoms with Crippen LogP contribution in [-0.2, 0) is 4.79 Å². The van der Waals surface area contributed by atoms with Crippen molar-refractivity contribution in [3.05, 3.63) is 29.6 Å². The summed E-state index contributed by atoms with van der Waals surface area (Å²) in [4.78, 5) is 13.3. The Kier molecular flexibility index (Phi) is 4.73. The number of nitrogens with one attached hydrogen (secondary N) is 1. The van der Waals surface area contributed by atoms with E-state index in [0.29, 0.717) is 12.8 Å². The molecule has 2 N–H and O–H groups in total. The molecular weight excluding hydrogens is 301 g/mol. The Morgan fingerprint density at radius 3 is 2.91 bits per heavy atom. The van der Waals surface area contributed by atoms with Crippen LogP contribution in [0.1, 0.15) is 56.6 Å². The van der Waals surface area contributed by atoms with E-state index >= 15 is 0 Å². The van der Waals surface area contributed by atoms with Gasteiger partial charge >= 0.3 is 0 Å². The first-order chi connectivity index (χ1) is 10.6. The lowest BCUT2D eigenvalue weighted by Crippen LogP contribution is -2.40. The predicted molar refractivity (Wildman–Crippen MR) is 85.3 cm³/mol. The van der Waals surface area contributed by atoms with Crippen LogP contribution in [0.5, 0.6) is 0 Å². The Balaban J connectivity index is 1.66. The summed E-state index contributed by atoms with van der Waals surface area (Å²) in [6, 6.07) is 4.61. The molecule has 0 spiro atoms. The fourth-order valence-corrected chi connectivity index (χ4v) is 4.55. The summed E-state index contributed by atoms with van der Waals surface area (Å²) in [7, 11) is 0. The number of halogens is 1. The van der Waals surface area contributed by atoms with Crippen LogP contribution in [0.25, 0.3) is 0 Å². The number of hydrogen-bond donors (Lipinski definition) is 2. The number of benzene rings is 1. The lowest BCUT2D eigenvalue weighted by molar-refractivity contribution is -0.128. The maximum Gasteiger partial charge on any atom is 0.223 e. The van der Waals surface area contributed by atoms with E-state index in [1.165, 1.54) is 12.1 Å². The molecule has 5 heteroatoms. The second-order valence-electron chi connectivity index (χ2n) is 6.40. The third-order valence-electron chi connectivity index (χ3n) is 4.62. The molecular formula is C17H22FNO2S. The van der Waals surface area contributed by atoms with Crippen LogP contribution in [-0.4, -0.2) is 22.4 Å². The van der Waals surface area contributed by atoms with Gasteiger partial charge in [0.15, 0.2) is 0 Å². The summed E-state index contributed by atoms with van der Waals surface area (Å²) in [5.74, 6) is 0.510. The number of fused-ring (bicyclic) bond motifs is 1. The van der Waals surface area contributed by atoms with E-state index in [1.54, 1.807) is 17.8 Å². The highest BCUT2D eigenvalue weighted by Gasteiger charge is 2.33. The van der Waals surface area contributed by atoms with E-state index in [1.807, 2.05) is 0 Å². The summed E-state index contributed by atoms with van der Waals surface area (Å²) < 4.78 is 13.5. The molecule has 1 fully saturated rings. The third kappa shape index (κ3) is 3.63. The second kappa shape index (κ2) is 6.59. The highest BCUT2D eigenvalue weighted by atomic mass is 32.2. The van der Waals surface area contributed by atoms with E-state index in [-0.39, 0.29) is 24.2 Å². The summed E-state index contributed by atoms with van der Waals surface area (Å²) in [5, 5.41) is 13.5. The van der Waals surface area contributed by atoms with Crippen molar-refractivity contribution in [1.82, 2.24) is 5.32 Å². The van der Waals surface area contributed by atoms with Gasteiger partial charge in [-0.3, -0.25) is 4.79 Å². The van der Waals surface area contributed by atoms with Crippen LogP contribution < -0.4 is 5.32 Å². The maximum atomic E-state index is 13.5. The van der Waals surface area contributed by atoms with E-state index in [9.17, 15) is 14.3 Å². The molecule has 3 nitrogen and oxygen atoms in total. The Labute approximate surface area is 134 Å². The smallest absolute Gasteiger partial charge is 0.223 e. The average molecular weight is 323 g/mol. The Bertz CT molecular complexity index is 558. The number of aliphatic hydroxyl groups is 1. The Hall–Kier alpha value is -1.07. The maximum absolute atomic E-state index is 13.5. The highest BCUT2D eigenvalue weighted by Crippen LogP contribution is 2.37. The van der Waals surface area contributed by atoms with Crippen molar-refractivity contribution in [1.29, 1.82) is 0 Å². The molecule has 0 aromatic heterocycles. The minimum absolute atomic E-state index is 0.128. The van der Waals surface area contributed by atoms with E-state index < -0.39 is 5.60 Å². The molecule has 0 bridgehead atoms. The van der Waals surface area contributed by atoms with Gasteiger partial charge in [0.05, 0.1) is 18.1 Å². The van der Waals surface area contributed by atoms with Crippen LogP contribution >= 0.6 is 11.8 Å². The number of carbonyl (C=O) groups is 1. The van der Waals surface area contributed by atoms with Crippen molar-refractivity contribution in [3.8, 4) is 0 Å². The van der Waals surface area contributed by atoms with E-state index in [0.717, 1.165) is 41.9 Å². The SMILES string of the molecule is O=C(CC1(O)CCCCC1)NC1CCSc2ccc(F)cc21. The zero-order valence-electron chi connectivity index (χ0n) is 12.6. The lowest BCUT2D eigenvalue weighted by Gasteiger charge is -2.33. The Morgan fingerprint density at radius 2 is 2.14 bits per heavy atom. The molecule has 22 heavy (non-hydrogen) atoms. The Morgan fingerprint density at radius 1 is 1.36 bits per heavy atom. The number of rotatable bonds is 3. The summed E-state index contributed by atoms with van der Waals surface area (Å²) in [6.45, 7) is 0. The van der Waals surface area contributed by atoms with Gasteiger partial charge in [-0.2, -0.15) is 0 Å². The fourth-order valence-electron chi connectivity index (χ4n) is 3.45. The van der Waals surface area contributed by atoms with Gasteiger partial charge in [0.1, 0.15) is 5.82 Å². The third-order valence-corrected chi connectivity index (χ3v) is 5.74. The first-order valence-corrected chi connectivity index (χ1v) is 8.98. The molecule has 1 amide bonds. The lowest BCUT2D eigenvalue weighted by atomic mass is 9.82. The normalized spacial score (nSPS) is 23.6. The monoisotopic (exact) mass is 323 g/mol. The van der Waals surface area contributed by atoms with Gasteiger partial charge in [-0.1, -0.05) is 19.3 Å². The zero-order chi connectivity index (χ0) is 15.6. The molecule has 2 aliphatic rings. The minimum Gasteiger partial charge on any atom is -0.389 e. The van der Waals surface area contributed by atoms with Gasteiger partial charge in [-0.05, 0) is 43.0 Å². The van der Waals surface area contributed by atoms with Gasteiger partial charge in [-0.15, -0.1) is 11.8 Å². The van der Waals surface area contributed by atoms with E-state index in [2.05, 4.69) is 5.32 Å². The van der Waals surface area contributed by atoms with Crippen LogP contribution in [0.4, 0.5) is 4.39 Å². The molecule has 120 valence electrons. The molecule has 1 unspecified atom stereocenters. The van der Waals surface area contributed by atoms with Gasteiger partial charge in [0.25, 0.3) is 0 Å². The minimum atomic E-state index is -0.851. The van der Waals surface area contributed by atoms with Crippen molar-refractivity contribution in [2.75, 3.05) is 5.75 Å². The molecule has 0 saturated heterocycles. The van der Waals surface area contributed by atoms with Crippen molar-refractivity contribution < 1.29 is 14.3 Å². The molecule has 1 saturated carbocycles. The molecule has 1 aromatic rings. The number of carbonyl (C=O) groups excluding carboxylic acids is 1. The van der Waals surface area contributed by atoms with Crippen LogP contribution in [0.15, 0.2) is 23.1 Å². The fraction of sp³-hybridized carbons (Fsp3) is 0.588. The first-order valence-electron chi connectivity index (χ1n) is 8.00. The average Bonchev–Trinajstić information content (AvgIpc) is 2.48. The molecule has 1 aliphatic heterocycles. The van der Waals surface area contributed by atoms with Crippen LogP contribution in [0.2, 0.25) is 0 Å². The number of hydrogen-bond acceptors (Lipinski definition) is 3. The topological polar surface area (TPSA) is 49.3 Å². The molecule has 1 aliphatic carbocycles.